The van der Waals surface area contributed by atoms with Crippen LogP contribution >= 0.6 is 0 Å². The van der Waals surface area contributed by atoms with Crippen LogP contribution < -0.4 is 5.32 Å². The molecule has 9 heteroatoms. The zero-order valence-electron chi connectivity index (χ0n) is 19.3. The van der Waals surface area contributed by atoms with E-state index in [0.717, 1.165) is 11.1 Å². The molecule has 0 aliphatic rings. The second-order valence-electron chi connectivity index (χ2n) is 8.36. The van der Waals surface area contributed by atoms with Crippen molar-refractivity contribution >= 4 is 22.4 Å². The van der Waals surface area contributed by atoms with E-state index in [0.29, 0.717) is 25.7 Å². The van der Waals surface area contributed by atoms with Gasteiger partial charge in [0.1, 0.15) is 17.0 Å². The van der Waals surface area contributed by atoms with Gasteiger partial charge in [-0.3, -0.25) is 10.1 Å². The number of fused-ring (bicyclic) bond motifs is 1. The number of nitriles is 1. The van der Waals surface area contributed by atoms with Crippen LogP contribution in [0.25, 0.3) is 10.9 Å². The molecule has 1 aromatic heterocycles. The lowest BCUT2D eigenvalue weighted by Gasteiger charge is -2.13. The summed E-state index contributed by atoms with van der Waals surface area (Å²) in [6.07, 6.45) is 2.29. The molecule has 1 N–H and O–H groups in total. The van der Waals surface area contributed by atoms with Gasteiger partial charge in [-0.1, -0.05) is 60.7 Å². The van der Waals surface area contributed by atoms with Crippen LogP contribution in [0.3, 0.4) is 0 Å². The average Bonchev–Trinajstić information content (AvgIpc) is 3.21. The fourth-order valence-electron chi connectivity index (χ4n) is 4.38. The number of anilines is 1. The van der Waals surface area contributed by atoms with Crippen LogP contribution in [0.15, 0.2) is 60.7 Å². The van der Waals surface area contributed by atoms with Gasteiger partial charge < -0.3 is 9.88 Å². The summed E-state index contributed by atoms with van der Waals surface area (Å²) in [5, 5.41) is 23.4. The summed E-state index contributed by atoms with van der Waals surface area (Å²) in [5.41, 5.74) is -0.368. The van der Waals surface area contributed by atoms with Gasteiger partial charge in [-0.05, 0) is 36.8 Å². The van der Waals surface area contributed by atoms with Gasteiger partial charge in [-0.2, -0.15) is 5.26 Å². The molecule has 0 saturated carbocycles. The topological polar surface area (TPSA) is 83.9 Å². The summed E-state index contributed by atoms with van der Waals surface area (Å²) in [5.74, 6) is -4.69. The van der Waals surface area contributed by atoms with Crippen LogP contribution in [0.4, 0.5) is 24.7 Å². The maximum atomic E-state index is 15.1. The first-order valence-electron chi connectivity index (χ1n) is 11.5. The van der Waals surface area contributed by atoms with Gasteiger partial charge in [0, 0.05) is 13.1 Å². The van der Waals surface area contributed by atoms with Crippen molar-refractivity contribution in [3.63, 3.8) is 0 Å². The lowest BCUT2D eigenvalue weighted by Crippen LogP contribution is -2.11. The van der Waals surface area contributed by atoms with Gasteiger partial charge in [0.25, 0.3) is 0 Å². The number of nitro groups is 1. The number of benzene rings is 3. The minimum absolute atomic E-state index is 0.0714. The van der Waals surface area contributed by atoms with Crippen molar-refractivity contribution in [2.75, 3.05) is 11.9 Å². The highest BCUT2D eigenvalue weighted by atomic mass is 19.2. The van der Waals surface area contributed by atoms with E-state index in [4.69, 9.17) is 5.26 Å². The minimum Gasteiger partial charge on any atom is -0.366 e. The highest BCUT2D eigenvalue weighted by Crippen LogP contribution is 2.42. The number of nitrogens with zero attached hydrogens (tertiary/aromatic N) is 3. The quantitative estimate of drug-likeness (QED) is 0.118. The van der Waals surface area contributed by atoms with E-state index >= 15 is 8.78 Å². The summed E-state index contributed by atoms with van der Waals surface area (Å²) >= 11 is 0. The highest BCUT2D eigenvalue weighted by Gasteiger charge is 2.34. The smallest absolute Gasteiger partial charge is 0.321 e. The van der Waals surface area contributed by atoms with Crippen LogP contribution in [0, 0.1) is 38.9 Å². The fraction of sp³-hybridized carbons (Fsp3) is 0.222. The van der Waals surface area contributed by atoms with Crippen LogP contribution in [-0.4, -0.2) is 16.0 Å². The van der Waals surface area contributed by atoms with E-state index in [9.17, 15) is 14.5 Å². The molecule has 4 rings (SSSR count). The predicted molar refractivity (Wildman–Crippen MR) is 131 cm³/mol. The lowest BCUT2D eigenvalue weighted by molar-refractivity contribution is -0.382. The van der Waals surface area contributed by atoms with Crippen LogP contribution in [0.2, 0.25) is 0 Å². The predicted octanol–water partition coefficient (Wildman–Crippen LogP) is 6.52. The molecule has 0 bridgehead atoms. The van der Waals surface area contributed by atoms with Crippen molar-refractivity contribution in [1.29, 1.82) is 5.26 Å². The Bertz CT molecular complexity index is 1430. The third-order valence-corrected chi connectivity index (χ3v) is 6.06. The van der Waals surface area contributed by atoms with E-state index in [1.54, 1.807) is 0 Å². The standard InChI is InChI=1S/C27H23F3N4O2/c28-22-20(17-31)23(29)24(30)25-21(22)26(34(35)36)27(32-15-7-13-18-9-3-1-4-10-18)33(25)16-8-14-19-11-5-2-6-12-19/h1-6,9-12,32H,7-8,13-16H2. The minimum atomic E-state index is -1.66. The molecular weight excluding hydrogens is 469 g/mol. The first-order chi connectivity index (χ1) is 17.4. The number of aromatic nitrogens is 1. The number of aryl methyl sites for hydroxylation is 3. The van der Waals surface area contributed by atoms with Gasteiger partial charge in [0.2, 0.25) is 0 Å². The Kier molecular flexibility index (Phi) is 7.54. The third-order valence-electron chi connectivity index (χ3n) is 6.06. The Hall–Kier alpha value is -4.32. The Morgan fingerprint density at radius 3 is 2.03 bits per heavy atom. The summed E-state index contributed by atoms with van der Waals surface area (Å²) in [6.45, 7) is 0.351. The van der Waals surface area contributed by atoms with Crippen molar-refractivity contribution in [3.05, 3.63) is 105 Å². The van der Waals surface area contributed by atoms with Crippen molar-refractivity contribution in [2.24, 2.45) is 0 Å². The summed E-state index contributed by atoms with van der Waals surface area (Å²) < 4.78 is 46.1. The molecule has 6 nitrogen and oxygen atoms in total. The molecule has 3 aromatic carbocycles. The second-order valence-corrected chi connectivity index (χ2v) is 8.36. The molecule has 0 fully saturated rings. The first-order valence-corrected chi connectivity index (χ1v) is 11.5. The Morgan fingerprint density at radius 2 is 1.47 bits per heavy atom. The zero-order chi connectivity index (χ0) is 25.7. The second kappa shape index (κ2) is 11.0. The monoisotopic (exact) mass is 492 g/mol. The maximum absolute atomic E-state index is 15.1. The Morgan fingerprint density at radius 1 is 0.889 bits per heavy atom. The average molecular weight is 493 g/mol. The van der Waals surface area contributed by atoms with Crippen LogP contribution in [0.5, 0.6) is 0 Å². The van der Waals surface area contributed by atoms with Crippen LogP contribution in [0.1, 0.15) is 29.5 Å². The van der Waals surface area contributed by atoms with E-state index in [1.165, 1.54) is 10.6 Å². The molecule has 0 aliphatic carbocycles. The number of hydrogen-bond acceptors (Lipinski definition) is 4. The SMILES string of the molecule is N#Cc1c(F)c(F)c2c(c1F)c([N+](=O)[O-])c(NCCCc1ccccc1)n2CCCc1ccccc1. The van der Waals surface area contributed by atoms with Crippen molar-refractivity contribution in [2.45, 2.75) is 32.2 Å². The van der Waals surface area contributed by atoms with Crippen LogP contribution in [-0.2, 0) is 19.4 Å². The molecule has 0 saturated heterocycles. The molecule has 0 aliphatic heterocycles. The van der Waals surface area contributed by atoms with Crippen molar-refractivity contribution < 1.29 is 18.1 Å². The Labute approximate surface area is 205 Å². The lowest BCUT2D eigenvalue weighted by atomic mass is 10.1. The highest BCUT2D eigenvalue weighted by molar-refractivity contribution is 5.98. The van der Waals surface area contributed by atoms with E-state index in [2.05, 4.69) is 5.32 Å². The van der Waals surface area contributed by atoms with Gasteiger partial charge in [0.05, 0.1) is 10.4 Å². The number of nitrogens with one attached hydrogen (secondary N) is 1. The molecular formula is C27H23F3N4O2. The van der Waals surface area contributed by atoms with E-state index in [-0.39, 0.29) is 18.9 Å². The van der Waals surface area contributed by atoms with Gasteiger partial charge in [-0.15, -0.1) is 0 Å². The molecule has 0 unspecified atom stereocenters. The van der Waals surface area contributed by atoms with Gasteiger partial charge in [-0.25, -0.2) is 13.2 Å². The molecule has 4 aromatic rings. The third kappa shape index (κ3) is 4.89. The van der Waals surface area contributed by atoms with E-state index in [1.807, 2.05) is 60.7 Å². The summed E-state index contributed by atoms with van der Waals surface area (Å²) in [6, 6.07) is 20.4. The van der Waals surface area contributed by atoms with Crippen molar-refractivity contribution in [1.82, 2.24) is 4.57 Å². The molecule has 36 heavy (non-hydrogen) atoms. The maximum Gasteiger partial charge on any atom is 0.321 e. The number of hydrogen-bond donors (Lipinski definition) is 1. The molecule has 0 radical (unpaired) electrons. The number of rotatable bonds is 10. The molecule has 0 amide bonds. The van der Waals surface area contributed by atoms with Gasteiger partial charge >= 0.3 is 5.69 Å². The molecule has 184 valence electrons. The van der Waals surface area contributed by atoms with Crippen molar-refractivity contribution in [3.8, 4) is 6.07 Å². The number of halogens is 3. The molecule has 0 atom stereocenters. The summed E-state index contributed by atoms with van der Waals surface area (Å²) in [7, 11) is 0. The molecule has 0 spiro atoms. The fourth-order valence-corrected chi connectivity index (χ4v) is 4.38. The molecule has 1 heterocycles. The largest absolute Gasteiger partial charge is 0.366 e. The van der Waals surface area contributed by atoms with Gasteiger partial charge in [0.15, 0.2) is 23.3 Å². The first kappa shape index (κ1) is 24.8. The zero-order valence-corrected chi connectivity index (χ0v) is 19.3. The normalized spacial score (nSPS) is 10.9. The van der Waals surface area contributed by atoms with E-state index < -0.39 is 44.5 Å². The summed E-state index contributed by atoms with van der Waals surface area (Å²) in [4.78, 5) is 11.2. The Balaban J connectivity index is 1.73.